The van der Waals surface area contributed by atoms with Crippen LogP contribution in [0, 0.1) is 5.41 Å². The summed E-state index contributed by atoms with van der Waals surface area (Å²) >= 11 is 0. The molecule has 0 fully saturated rings. The summed E-state index contributed by atoms with van der Waals surface area (Å²) in [5, 5.41) is 3.10. The molecule has 4 nitrogen and oxygen atoms in total. The number of ketones is 1. The summed E-state index contributed by atoms with van der Waals surface area (Å²) in [6.07, 6.45) is -5.67. The van der Waals surface area contributed by atoms with E-state index in [9.17, 15) is 22.8 Å². The quantitative estimate of drug-likeness (QED) is 0.684. The van der Waals surface area contributed by atoms with Crippen LogP contribution in [0.1, 0.15) is 37.6 Å². The predicted molar refractivity (Wildman–Crippen MR) is 76.5 cm³/mol. The minimum atomic E-state index is -4.79. The fourth-order valence-corrected chi connectivity index (χ4v) is 1.39. The zero-order chi connectivity index (χ0) is 17.0. The van der Waals surface area contributed by atoms with Crippen LogP contribution in [0.4, 0.5) is 13.2 Å². The summed E-state index contributed by atoms with van der Waals surface area (Å²) in [7, 11) is 0. The molecule has 1 rings (SSSR count). The molecule has 1 amide bonds. The van der Waals surface area contributed by atoms with E-state index in [4.69, 9.17) is 0 Å². The third-order valence-corrected chi connectivity index (χ3v) is 2.82. The fraction of sp³-hybridized carbons (Fsp3) is 0.400. The van der Waals surface area contributed by atoms with Crippen LogP contribution < -0.4 is 5.43 Å². The van der Waals surface area contributed by atoms with Gasteiger partial charge < -0.3 is 0 Å². The Kier molecular flexibility index (Phi) is 5.46. The van der Waals surface area contributed by atoms with Crippen molar-refractivity contribution in [3.63, 3.8) is 0 Å². The van der Waals surface area contributed by atoms with E-state index in [0.717, 1.165) is 0 Å². The maximum absolute atomic E-state index is 12.9. The highest BCUT2D eigenvalue weighted by Gasteiger charge is 2.39. The minimum absolute atomic E-state index is 0.176. The van der Waals surface area contributed by atoms with Gasteiger partial charge in [0.05, 0.1) is 6.42 Å². The van der Waals surface area contributed by atoms with Gasteiger partial charge in [-0.3, -0.25) is 9.59 Å². The minimum Gasteiger partial charge on any atom is -0.299 e. The van der Waals surface area contributed by atoms with Gasteiger partial charge in [0.2, 0.25) is 0 Å². The summed E-state index contributed by atoms with van der Waals surface area (Å²) in [5.41, 5.74) is -0.229. The van der Waals surface area contributed by atoms with Crippen molar-refractivity contribution in [2.24, 2.45) is 10.5 Å². The Morgan fingerprint density at radius 1 is 1.09 bits per heavy atom. The van der Waals surface area contributed by atoms with Gasteiger partial charge in [0.1, 0.15) is 11.5 Å². The maximum atomic E-state index is 12.9. The number of hydrogen-bond donors (Lipinski definition) is 1. The molecule has 0 atom stereocenters. The van der Waals surface area contributed by atoms with E-state index in [2.05, 4.69) is 5.10 Å². The van der Waals surface area contributed by atoms with Crippen LogP contribution in [0.15, 0.2) is 35.4 Å². The predicted octanol–water partition coefficient (Wildman–Crippen LogP) is 3.34. The molecule has 7 heteroatoms. The number of carbonyl (C=O) groups is 2. The molecule has 0 bridgehead atoms. The number of amides is 1. The van der Waals surface area contributed by atoms with Crippen LogP contribution in [-0.2, 0) is 4.79 Å². The molecule has 0 aliphatic heterocycles. The Morgan fingerprint density at radius 2 is 1.64 bits per heavy atom. The van der Waals surface area contributed by atoms with Crippen molar-refractivity contribution in [3.8, 4) is 0 Å². The van der Waals surface area contributed by atoms with Gasteiger partial charge in [-0.25, -0.2) is 5.43 Å². The van der Waals surface area contributed by atoms with Crippen LogP contribution >= 0.6 is 0 Å². The first kappa shape index (κ1) is 17.9. The summed E-state index contributed by atoms with van der Waals surface area (Å²) in [6.45, 7) is 4.56. The Bertz CT molecular complexity index is 573. The van der Waals surface area contributed by atoms with E-state index in [1.807, 2.05) is 5.43 Å². The zero-order valence-electron chi connectivity index (χ0n) is 12.5. The Hall–Kier alpha value is -2.18. The lowest BCUT2D eigenvalue weighted by Crippen LogP contribution is -2.33. The molecule has 0 unspecified atom stereocenters. The molecule has 1 aromatic carbocycles. The van der Waals surface area contributed by atoms with Crippen molar-refractivity contribution in [2.75, 3.05) is 0 Å². The van der Waals surface area contributed by atoms with Crippen LogP contribution in [0.3, 0.4) is 0 Å². The average Bonchev–Trinajstić information content (AvgIpc) is 2.41. The lowest BCUT2D eigenvalue weighted by Gasteiger charge is -2.18. The molecule has 0 aliphatic rings. The number of carbonyl (C=O) groups excluding carboxylic acids is 2. The molecular formula is C15H17F3N2O2. The van der Waals surface area contributed by atoms with Crippen LogP contribution in [0.25, 0.3) is 0 Å². The number of nitrogens with one attached hydrogen (secondary N) is 1. The standard InChI is InChI=1S/C15H17F3N2O2/c1-14(2,3)12(21)9-11(15(16,17)18)19-20-13(22)10-7-5-4-6-8-10/h4-8H,9H2,1-3H3,(H,20,22). The van der Waals surface area contributed by atoms with Gasteiger partial charge in [-0.15, -0.1) is 0 Å². The van der Waals surface area contributed by atoms with Gasteiger partial charge >= 0.3 is 6.18 Å². The molecule has 0 radical (unpaired) electrons. The van der Waals surface area contributed by atoms with Gasteiger partial charge in [-0.1, -0.05) is 39.0 Å². The molecule has 1 aromatic rings. The van der Waals surface area contributed by atoms with Gasteiger partial charge in [-0.05, 0) is 12.1 Å². The first-order chi connectivity index (χ1) is 10.0. The number of nitrogens with zero attached hydrogens (tertiary/aromatic N) is 1. The largest absolute Gasteiger partial charge is 0.431 e. The summed E-state index contributed by atoms with van der Waals surface area (Å²) < 4.78 is 38.7. The number of hydrazone groups is 1. The Morgan fingerprint density at radius 3 is 2.09 bits per heavy atom. The second-order valence-electron chi connectivity index (χ2n) is 5.71. The number of alkyl halides is 3. The number of benzene rings is 1. The number of Topliss-reactive ketones (excluding diaryl/α,β-unsaturated/α-hetero) is 1. The number of rotatable bonds is 4. The molecule has 120 valence electrons. The van der Waals surface area contributed by atoms with E-state index in [-0.39, 0.29) is 5.56 Å². The van der Waals surface area contributed by atoms with Crippen molar-refractivity contribution in [2.45, 2.75) is 33.4 Å². The summed E-state index contributed by atoms with van der Waals surface area (Å²) in [5.74, 6) is -1.39. The fourth-order valence-electron chi connectivity index (χ4n) is 1.39. The first-order valence-electron chi connectivity index (χ1n) is 6.54. The van der Waals surface area contributed by atoms with E-state index in [1.54, 1.807) is 18.2 Å². The van der Waals surface area contributed by atoms with E-state index < -0.39 is 35.4 Å². The van der Waals surface area contributed by atoms with E-state index in [0.29, 0.717) is 0 Å². The normalized spacial score (nSPS) is 12.9. The zero-order valence-corrected chi connectivity index (χ0v) is 12.5. The van der Waals surface area contributed by atoms with Crippen LogP contribution in [0.2, 0.25) is 0 Å². The van der Waals surface area contributed by atoms with Gasteiger partial charge in [0.15, 0.2) is 0 Å². The smallest absolute Gasteiger partial charge is 0.299 e. The highest BCUT2D eigenvalue weighted by Crippen LogP contribution is 2.24. The topological polar surface area (TPSA) is 58.5 Å². The van der Waals surface area contributed by atoms with Crippen LogP contribution in [-0.4, -0.2) is 23.6 Å². The van der Waals surface area contributed by atoms with Crippen molar-refractivity contribution < 1.29 is 22.8 Å². The van der Waals surface area contributed by atoms with Crippen molar-refractivity contribution in [3.05, 3.63) is 35.9 Å². The van der Waals surface area contributed by atoms with Crippen molar-refractivity contribution in [1.29, 1.82) is 0 Å². The molecule has 0 heterocycles. The molecule has 0 aromatic heterocycles. The lowest BCUT2D eigenvalue weighted by molar-refractivity contribution is -0.126. The second kappa shape index (κ2) is 6.72. The number of halogens is 3. The van der Waals surface area contributed by atoms with Crippen molar-refractivity contribution >= 4 is 17.4 Å². The SMILES string of the molecule is CC(C)(C)C(=O)CC(=NNC(=O)c1ccccc1)C(F)(F)F. The summed E-state index contributed by atoms with van der Waals surface area (Å²) in [6, 6.07) is 7.71. The average molecular weight is 314 g/mol. The molecule has 1 N–H and O–H groups in total. The van der Waals surface area contributed by atoms with Gasteiger partial charge in [0.25, 0.3) is 5.91 Å². The van der Waals surface area contributed by atoms with Crippen LogP contribution in [0.5, 0.6) is 0 Å². The third kappa shape index (κ3) is 5.31. The van der Waals surface area contributed by atoms with Gasteiger partial charge in [-0.2, -0.15) is 18.3 Å². The lowest BCUT2D eigenvalue weighted by atomic mass is 9.88. The Balaban J connectivity index is 2.89. The molecule has 0 saturated carbocycles. The highest BCUT2D eigenvalue weighted by molar-refractivity contribution is 6.07. The van der Waals surface area contributed by atoms with Gasteiger partial charge in [0, 0.05) is 11.0 Å². The molecule has 0 spiro atoms. The van der Waals surface area contributed by atoms with E-state index >= 15 is 0 Å². The first-order valence-corrected chi connectivity index (χ1v) is 6.54. The molecular weight excluding hydrogens is 297 g/mol. The number of hydrogen-bond acceptors (Lipinski definition) is 3. The monoisotopic (exact) mass is 314 g/mol. The molecule has 0 saturated heterocycles. The second-order valence-corrected chi connectivity index (χ2v) is 5.71. The van der Waals surface area contributed by atoms with E-state index in [1.165, 1.54) is 32.9 Å². The molecule has 0 aliphatic carbocycles. The highest BCUT2D eigenvalue weighted by atomic mass is 19.4. The van der Waals surface area contributed by atoms with Crippen molar-refractivity contribution in [1.82, 2.24) is 5.43 Å². The molecule has 22 heavy (non-hydrogen) atoms. The summed E-state index contributed by atoms with van der Waals surface area (Å²) in [4.78, 5) is 23.4. The maximum Gasteiger partial charge on any atom is 0.431 e. The Labute approximate surface area is 126 Å². The third-order valence-electron chi connectivity index (χ3n) is 2.82.